The van der Waals surface area contributed by atoms with Gasteiger partial charge in [-0.15, -0.1) is 0 Å². The summed E-state index contributed by atoms with van der Waals surface area (Å²) in [7, 11) is 0. The standard InChI is InChI=1S/C19H18FNO/c1-3-4-6-11-18(20)17-12-13-21(19(22)14-17)15(2)16-9-7-5-8-10-16/h5,7-10,15,17H,1,12-14H2,2H3/t15-,17+/m0/s1. The monoisotopic (exact) mass is 295 g/mol. The van der Waals surface area contributed by atoms with E-state index in [0.717, 1.165) is 5.56 Å². The Morgan fingerprint density at radius 1 is 1.36 bits per heavy atom. The van der Waals surface area contributed by atoms with E-state index in [-0.39, 0.29) is 18.4 Å². The van der Waals surface area contributed by atoms with Gasteiger partial charge in [-0.2, -0.15) is 0 Å². The van der Waals surface area contributed by atoms with Gasteiger partial charge in [0, 0.05) is 18.9 Å². The number of nitrogens with zero attached hydrogens (tertiary/aromatic N) is 1. The maximum absolute atomic E-state index is 13.9. The highest BCUT2D eigenvalue weighted by atomic mass is 19.1. The fourth-order valence-corrected chi connectivity index (χ4v) is 2.62. The molecule has 1 fully saturated rings. The predicted octanol–water partition coefficient (Wildman–Crippen LogP) is 4.09. The molecule has 1 aromatic carbocycles. The Balaban J connectivity index is 2.11. The number of benzene rings is 1. The van der Waals surface area contributed by atoms with E-state index >= 15 is 0 Å². The Morgan fingerprint density at radius 3 is 2.73 bits per heavy atom. The van der Waals surface area contributed by atoms with E-state index in [1.165, 1.54) is 0 Å². The number of rotatable bonds is 3. The van der Waals surface area contributed by atoms with Crippen LogP contribution in [0.15, 0.2) is 65.7 Å². The Kier molecular flexibility index (Phi) is 5.39. The van der Waals surface area contributed by atoms with Crippen LogP contribution in [-0.2, 0) is 4.79 Å². The van der Waals surface area contributed by atoms with Gasteiger partial charge in [-0.1, -0.05) is 36.1 Å². The lowest BCUT2D eigenvalue weighted by molar-refractivity contribution is -0.137. The van der Waals surface area contributed by atoms with Crippen LogP contribution in [-0.4, -0.2) is 17.4 Å². The van der Waals surface area contributed by atoms with Crippen LogP contribution in [0.3, 0.4) is 0 Å². The van der Waals surface area contributed by atoms with Crippen molar-refractivity contribution in [3.05, 3.63) is 71.2 Å². The minimum atomic E-state index is -0.455. The minimum Gasteiger partial charge on any atom is -0.336 e. The third kappa shape index (κ3) is 3.77. The number of piperidine rings is 1. The molecule has 0 aliphatic carbocycles. The molecule has 1 aromatic rings. The van der Waals surface area contributed by atoms with Gasteiger partial charge in [0.1, 0.15) is 0 Å². The number of amides is 1. The summed E-state index contributed by atoms with van der Waals surface area (Å²) >= 11 is 0. The maximum atomic E-state index is 13.9. The molecule has 1 heterocycles. The molecule has 2 nitrogen and oxygen atoms in total. The molecule has 0 spiro atoms. The molecule has 0 aromatic heterocycles. The molecule has 1 aliphatic heterocycles. The first-order valence-electron chi connectivity index (χ1n) is 7.28. The van der Waals surface area contributed by atoms with E-state index < -0.39 is 11.7 Å². The zero-order valence-electron chi connectivity index (χ0n) is 12.6. The van der Waals surface area contributed by atoms with Gasteiger partial charge >= 0.3 is 0 Å². The quantitative estimate of drug-likeness (QED) is 0.769. The number of likely N-dealkylation sites (tertiary alicyclic amines) is 1. The number of hydrogen-bond donors (Lipinski definition) is 0. The van der Waals surface area contributed by atoms with E-state index in [1.807, 2.05) is 42.2 Å². The van der Waals surface area contributed by atoms with Crippen molar-refractivity contribution in [2.24, 2.45) is 5.92 Å². The highest BCUT2D eigenvalue weighted by Crippen LogP contribution is 2.30. The molecule has 2 atom stereocenters. The lowest BCUT2D eigenvalue weighted by atomic mass is 9.93. The zero-order valence-corrected chi connectivity index (χ0v) is 12.6. The van der Waals surface area contributed by atoms with Crippen LogP contribution in [0.2, 0.25) is 0 Å². The molecule has 1 saturated heterocycles. The van der Waals surface area contributed by atoms with Crippen molar-refractivity contribution < 1.29 is 9.18 Å². The summed E-state index contributed by atoms with van der Waals surface area (Å²) in [5, 5.41) is 0. The lowest BCUT2D eigenvalue weighted by Gasteiger charge is -2.35. The number of allylic oxidation sites excluding steroid dienone is 1. The highest BCUT2D eigenvalue weighted by Gasteiger charge is 2.31. The predicted molar refractivity (Wildman–Crippen MR) is 83.6 cm³/mol. The van der Waals surface area contributed by atoms with E-state index in [1.54, 1.807) is 0 Å². The van der Waals surface area contributed by atoms with Crippen molar-refractivity contribution in [2.45, 2.75) is 25.8 Å². The van der Waals surface area contributed by atoms with Crippen LogP contribution in [0.25, 0.3) is 0 Å². The third-order valence-corrected chi connectivity index (χ3v) is 3.90. The van der Waals surface area contributed by atoms with Crippen LogP contribution >= 0.6 is 0 Å². The van der Waals surface area contributed by atoms with Gasteiger partial charge < -0.3 is 4.90 Å². The van der Waals surface area contributed by atoms with E-state index in [4.69, 9.17) is 0 Å². The molecule has 0 saturated carbocycles. The summed E-state index contributed by atoms with van der Waals surface area (Å²) in [4.78, 5) is 14.1. The number of hydrogen-bond acceptors (Lipinski definition) is 1. The van der Waals surface area contributed by atoms with Gasteiger partial charge in [-0.25, -0.2) is 4.39 Å². The molecule has 0 radical (unpaired) electrons. The third-order valence-electron chi connectivity index (χ3n) is 3.90. The second-order valence-electron chi connectivity index (χ2n) is 5.26. The van der Waals surface area contributed by atoms with Gasteiger partial charge in [0.2, 0.25) is 5.91 Å². The molecule has 22 heavy (non-hydrogen) atoms. The molecule has 1 aliphatic rings. The highest BCUT2D eigenvalue weighted by molar-refractivity contribution is 5.78. The van der Waals surface area contributed by atoms with Crippen LogP contribution in [0.4, 0.5) is 4.39 Å². The first-order chi connectivity index (χ1) is 10.6. The molecule has 2 rings (SSSR count). The van der Waals surface area contributed by atoms with E-state index in [9.17, 15) is 9.18 Å². The van der Waals surface area contributed by atoms with Crippen LogP contribution in [0, 0.1) is 5.92 Å². The molecule has 0 N–H and O–H groups in total. The second-order valence-corrected chi connectivity index (χ2v) is 5.26. The number of carbonyl (C=O) groups is 1. The van der Waals surface area contributed by atoms with Crippen LogP contribution in [0.5, 0.6) is 0 Å². The van der Waals surface area contributed by atoms with Gasteiger partial charge in [-0.05, 0) is 42.7 Å². The first-order valence-corrected chi connectivity index (χ1v) is 7.28. The van der Waals surface area contributed by atoms with Crippen LogP contribution < -0.4 is 0 Å². The summed E-state index contributed by atoms with van der Waals surface area (Å²) < 4.78 is 13.9. The zero-order chi connectivity index (χ0) is 15.9. The summed E-state index contributed by atoms with van der Waals surface area (Å²) in [5.74, 6) is -0.915. The van der Waals surface area contributed by atoms with Crippen molar-refractivity contribution in [1.29, 1.82) is 0 Å². The largest absolute Gasteiger partial charge is 0.336 e. The van der Waals surface area contributed by atoms with E-state index in [2.05, 4.69) is 29.5 Å². The second kappa shape index (κ2) is 7.48. The Labute approximate surface area is 130 Å². The molecule has 0 unspecified atom stereocenters. The minimum absolute atomic E-state index is 0.000767. The fourth-order valence-electron chi connectivity index (χ4n) is 2.62. The average molecular weight is 295 g/mol. The molecule has 1 amide bonds. The van der Waals surface area contributed by atoms with Crippen molar-refractivity contribution in [1.82, 2.24) is 4.90 Å². The summed E-state index contributed by atoms with van der Waals surface area (Å²) in [6.45, 7) is 5.84. The van der Waals surface area contributed by atoms with Crippen molar-refractivity contribution in [2.75, 3.05) is 6.54 Å². The summed E-state index contributed by atoms with van der Waals surface area (Å²) in [5.41, 5.74) is 10.6. The molecular formula is C19H18FNO. The van der Waals surface area contributed by atoms with E-state index in [0.29, 0.717) is 13.0 Å². The Hall–Kier alpha value is -2.52. The number of carbonyl (C=O) groups excluding carboxylic acids is 1. The summed E-state index contributed by atoms with van der Waals surface area (Å²) in [6, 6.07) is 9.85. The Bertz CT molecular complexity index is 698. The number of halogens is 1. The molecular weight excluding hydrogens is 277 g/mol. The maximum Gasteiger partial charge on any atom is 0.223 e. The van der Waals surface area contributed by atoms with Crippen molar-refractivity contribution in [3.8, 4) is 0 Å². The summed E-state index contributed by atoms with van der Waals surface area (Å²) in [6.07, 6.45) is 0.747. The van der Waals surface area contributed by atoms with Crippen LogP contribution in [0.1, 0.15) is 31.4 Å². The van der Waals surface area contributed by atoms with Crippen molar-refractivity contribution >= 4 is 5.91 Å². The molecule has 112 valence electrons. The van der Waals surface area contributed by atoms with Gasteiger partial charge in [0.25, 0.3) is 0 Å². The van der Waals surface area contributed by atoms with Gasteiger partial charge in [0.15, 0.2) is 5.83 Å². The Morgan fingerprint density at radius 2 is 2.09 bits per heavy atom. The molecule has 0 bridgehead atoms. The SMILES string of the molecule is C=C=C=C=C=C(F)[C@@H]1CCN([C@@H](C)c2ccccc2)C(=O)C1. The first kappa shape index (κ1) is 15.9. The topological polar surface area (TPSA) is 20.3 Å². The molecule has 3 heteroatoms. The lowest BCUT2D eigenvalue weighted by Crippen LogP contribution is -2.40. The van der Waals surface area contributed by atoms with Gasteiger partial charge in [0.05, 0.1) is 6.04 Å². The van der Waals surface area contributed by atoms with Gasteiger partial charge in [-0.3, -0.25) is 4.79 Å². The van der Waals surface area contributed by atoms with Crippen molar-refractivity contribution in [3.63, 3.8) is 0 Å². The fraction of sp³-hybridized carbons (Fsp3) is 0.316. The smallest absolute Gasteiger partial charge is 0.223 e. The average Bonchev–Trinajstić information content (AvgIpc) is 2.55. The normalized spacial score (nSPS) is 18.5.